The van der Waals surface area contributed by atoms with Gasteiger partial charge in [-0.1, -0.05) is 25.3 Å². The Morgan fingerprint density at radius 1 is 1.00 bits per heavy atom. The number of imidazole rings is 1. The second kappa shape index (κ2) is 10.3. The molecule has 0 unspecified atom stereocenters. The first kappa shape index (κ1) is 24.7. The highest BCUT2D eigenvalue weighted by molar-refractivity contribution is 5.97. The van der Waals surface area contributed by atoms with Crippen LogP contribution in [0.4, 0.5) is 11.4 Å². The van der Waals surface area contributed by atoms with Gasteiger partial charge in [0.1, 0.15) is 11.2 Å². The zero-order valence-corrected chi connectivity index (χ0v) is 22.7. The van der Waals surface area contributed by atoms with Crippen LogP contribution in [0.25, 0.3) is 44.7 Å². The van der Waals surface area contributed by atoms with Crippen molar-refractivity contribution in [1.82, 2.24) is 35.0 Å². The van der Waals surface area contributed by atoms with Gasteiger partial charge in [-0.3, -0.25) is 19.9 Å². The Hall–Kier alpha value is -4.31. The first-order chi connectivity index (χ1) is 19.6. The third-order valence-electron chi connectivity index (χ3n) is 8.28. The largest absolute Gasteiger partial charge is 0.367 e. The number of benzene rings is 1. The molecule has 4 aromatic heterocycles. The Morgan fingerprint density at radius 3 is 2.70 bits per heavy atom. The lowest BCUT2D eigenvalue weighted by Gasteiger charge is -2.34. The van der Waals surface area contributed by atoms with E-state index >= 15 is 0 Å². The number of carbonyl (C=O) groups excluding carboxylic acids is 1. The highest BCUT2D eigenvalue weighted by Gasteiger charge is 2.22. The maximum Gasteiger partial charge on any atom is 0.227 e. The molecule has 5 heterocycles. The lowest BCUT2D eigenvalue weighted by atomic mass is 9.88. The summed E-state index contributed by atoms with van der Waals surface area (Å²) in [4.78, 5) is 35.1. The van der Waals surface area contributed by atoms with Crippen LogP contribution in [-0.4, -0.2) is 74.2 Å². The molecule has 1 aliphatic carbocycles. The topological polar surface area (TPSA) is 119 Å². The molecule has 5 aromatic rings. The molecule has 10 nitrogen and oxygen atoms in total. The predicted molar refractivity (Wildman–Crippen MR) is 157 cm³/mol. The normalized spacial score (nSPS) is 17.1. The van der Waals surface area contributed by atoms with Crippen molar-refractivity contribution in [1.29, 1.82) is 0 Å². The summed E-state index contributed by atoms with van der Waals surface area (Å²) in [6, 6.07) is 10.2. The number of nitrogens with zero attached hydrogens (tertiary/aromatic N) is 6. The van der Waals surface area contributed by atoms with Crippen LogP contribution in [-0.2, 0) is 4.79 Å². The molecule has 0 spiro atoms. The molecule has 1 amide bonds. The first-order valence-corrected chi connectivity index (χ1v) is 14.2. The third-order valence-corrected chi connectivity index (χ3v) is 8.28. The maximum atomic E-state index is 12.8. The van der Waals surface area contributed by atoms with E-state index < -0.39 is 0 Å². The molecule has 2 aliphatic rings. The molecule has 1 saturated carbocycles. The molecule has 10 heteroatoms. The minimum Gasteiger partial charge on any atom is -0.367 e. The number of aromatic nitrogens is 6. The number of aromatic amines is 2. The van der Waals surface area contributed by atoms with Crippen molar-refractivity contribution < 1.29 is 4.79 Å². The van der Waals surface area contributed by atoms with Gasteiger partial charge in [0.2, 0.25) is 5.91 Å². The lowest BCUT2D eigenvalue weighted by Crippen LogP contribution is -2.44. The van der Waals surface area contributed by atoms with Crippen LogP contribution in [0.1, 0.15) is 32.1 Å². The lowest BCUT2D eigenvalue weighted by molar-refractivity contribution is -0.120. The van der Waals surface area contributed by atoms with Gasteiger partial charge < -0.3 is 20.1 Å². The molecule has 0 bridgehead atoms. The summed E-state index contributed by atoms with van der Waals surface area (Å²) in [5.41, 5.74) is 6.94. The summed E-state index contributed by atoms with van der Waals surface area (Å²) in [6.45, 7) is 4.03. The molecular weight excluding hydrogens is 502 g/mol. The van der Waals surface area contributed by atoms with E-state index in [1.165, 1.54) is 6.42 Å². The second-order valence-corrected chi connectivity index (χ2v) is 11.0. The summed E-state index contributed by atoms with van der Waals surface area (Å²) >= 11 is 0. The molecule has 0 radical (unpaired) electrons. The summed E-state index contributed by atoms with van der Waals surface area (Å²) < 4.78 is 0. The number of H-pyrrole nitrogens is 2. The summed E-state index contributed by atoms with van der Waals surface area (Å²) in [6.07, 6.45) is 10.6. The monoisotopic (exact) mass is 535 g/mol. The van der Waals surface area contributed by atoms with Gasteiger partial charge in [0.05, 0.1) is 40.5 Å². The van der Waals surface area contributed by atoms with Crippen molar-refractivity contribution >= 4 is 39.2 Å². The van der Waals surface area contributed by atoms with Crippen molar-refractivity contribution in [3.8, 4) is 22.8 Å². The van der Waals surface area contributed by atoms with Crippen LogP contribution in [0.5, 0.6) is 0 Å². The van der Waals surface area contributed by atoms with Crippen LogP contribution in [0, 0.1) is 5.92 Å². The van der Waals surface area contributed by atoms with Gasteiger partial charge in [0.15, 0.2) is 5.82 Å². The van der Waals surface area contributed by atoms with Gasteiger partial charge >= 0.3 is 0 Å². The Kier molecular flexibility index (Phi) is 6.39. The molecule has 40 heavy (non-hydrogen) atoms. The van der Waals surface area contributed by atoms with Gasteiger partial charge in [0.25, 0.3) is 0 Å². The number of hydrogen-bond acceptors (Lipinski definition) is 7. The third kappa shape index (κ3) is 4.68. The van der Waals surface area contributed by atoms with E-state index in [0.717, 1.165) is 96.4 Å². The molecule has 2 fully saturated rings. The fourth-order valence-corrected chi connectivity index (χ4v) is 5.94. The number of para-hydroxylation sites is 1. The van der Waals surface area contributed by atoms with Gasteiger partial charge in [-0.25, -0.2) is 4.98 Å². The van der Waals surface area contributed by atoms with Gasteiger partial charge in [0, 0.05) is 49.2 Å². The van der Waals surface area contributed by atoms with Crippen molar-refractivity contribution in [3.63, 3.8) is 0 Å². The molecule has 1 aromatic carbocycles. The number of likely N-dealkylation sites (N-methyl/N-ethyl adjacent to an activating group) is 1. The van der Waals surface area contributed by atoms with E-state index in [4.69, 9.17) is 4.98 Å². The minimum atomic E-state index is 0.0833. The van der Waals surface area contributed by atoms with Crippen LogP contribution in [0.3, 0.4) is 0 Å². The maximum absolute atomic E-state index is 12.8. The van der Waals surface area contributed by atoms with E-state index in [-0.39, 0.29) is 11.8 Å². The number of amides is 1. The average molecular weight is 536 g/mol. The second-order valence-electron chi connectivity index (χ2n) is 11.0. The number of carbonyl (C=O) groups is 1. The van der Waals surface area contributed by atoms with Crippen molar-refractivity contribution in [2.24, 2.45) is 5.92 Å². The number of fused-ring (bicyclic) bond motifs is 2. The van der Waals surface area contributed by atoms with E-state index in [9.17, 15) is 4.79 Å². The average Bonchev–Trinajstić information content (AvgIpc) is 3.62. The minimum absolute atomic E-state index is 0.0833. The Balaban J connectivity index is 1.19. The SMILES string of the molecule is CN1CCN(c2cccc3[nH]c(-c4n[nH]c5cnc(-c6cncc(NC(=O)C7CCCCC7)c6)cc45)nc23)CC1. The first-order valence-electron chi connectivity index (χ1n) is 14.2. The smallest absolute Gasteiger partial charge is 0.227 e. The van der Waals surface area contributed by atoms with Gasteiger partial charge in [-0.15, -0.1) is 0 Å². The Labute approximate surface area is 232 Å². The van der Waals surface area contributed by atoms with Gasteiger partial charge in [-0.05, 0) is 44.2 Å². The standard InChI is InChI=1S/C30H33N9O/c1-38-10-12-39(13-11-38)26-9-5-8-23-28(26)35-29(34-23)27-22-15-24(32-18-25(22)36-37-27)20-14-21(17-31-16-20)33-30(40)19-6-3-2-4-7-19/h5,8-9,14-19H,2-4,6-7,10-13H2,1H3,(H,33,40)(H,34,35)(H,36,37). The molecule has 1 saturated heterocycles. The van der Waals surface area contributed by atoms with Crippen LogP contribution >= 0.6 is 0 Å². The fourth-order valence-electron chi connectivity index (χ4n) is 5.94. The molecular formula is C30H33N9O. The molecule has 0 atom stereocenters. The zero-order chi connectivity index (χ0) is 27.1. The number of anilines is 2. The van der Waals surface area contributed by atoms with Crippen molar-refractivity contribution in [3.05, 3.63) is 48.9 Å². The summed E-state index contributed by atoms with van der Waals surface area (Å²) in [5.74, 6) is 0.882. The Bertz CT molecular complexity index is 1680. The summed E-state index contributed by atoms with van der Waals surface area (Å²) in [5, 5.41) is 11.7. The van der Waals surface area contributed by atoms with Crippen LogP contribution in [0.15, 0.2) is 48.9 Å². The van der Waals surface area contributed by atoms with E-state index in [2.05, 4.69) is 65.5 Å². The van der Waals surface area contributed by atoms with Crippen molar-refractivity contribution in [2.75, 3.05) is 43.4 Å². The fraction of sp³-hybridized carbons (Fsp3) is 0.367. The number of rotatable bonds is 5. The number of pyridine rings is 2. The van der Waals surface area contributed by atoms with Crippen molar-refractivity contribution in [2.45, 2.75) is 32.1 Å². The molecule has 7 rings (SSSR count). The van der Waals surface area contributed by atoms with Gasteiger partial charge in [-0.2, -0.15) is 5.10 Å². The quantitative estimate of drug-likeness (QED) is 0.295. The zero-order valence-electron chi connectivity index (χ0n) is 22.7. The highest BCUT2D eigenvalue weighted by Crippen LogP contribution is 2.33. The van der Waals surface area contributed by atoms with Crippen LogP contribution < -0.4 is 10.2 Å². The number of hydrogen-bond donors (Lipinski definition) is 3. The Morgan fingerprint density at radius 2 is 1.85 bits per heavy atom. The van der Waals surface area contributed by atoms with E-state index in [0.29, 0.717) is 11.5 Å². The predicted octanol–water partition coefficient (Wildman–Crippen LogP) is 4.83. The number of nitrogens with one attached hydrogen (secondary N) is 3. The highest BCUT2D eigenvalue weighted by atomic mass is 16.1. The van der Waals surface area contributed by atoms with Crippen LogP contribution in [0.2, 0.25) is 0 Å². The van der Waals surface area contributed by atoms with E-state index in [1.54, 1.807) is 18.6 Å². The van der Waals surface area contributed by atoms with E-state index in [1.807, 2.05) is 12.1 Å². The number of piperazine rings is 1. The summed E-state index contributed by atoms with van der Waals surface area (Å²) in [7, 11) is 2.16. The molecule has 3 N–H and O–H groups in total. The molecule has 204 valence electrons. The molecule has 1 aliphatic heterocycles.